The molecular formula is C63H123NO4. The molecule has 0 aliphatic carbocycles. The summed E-state index contributed by atoms with van der Waals surface area (Å²) in [5.74, 6) is -0.497. The van der Waals surface area contributed by atoms with Crippen molar-refractivity contribution in [3.63, 3.8) is 0 Å². The Hall–Kier alpha value is -1.17. The standard InChI is InChI=1S/C63H123NO4/c1-3-5-7-9-11-13-15-17-19-21-23-25-27-29-30-31-32-33-34-36-38-40-42-44-46-48-50-52-54-56-58-62(67)63(68)64-60(59-65)61(66)57-55-53-51-49-47-45-43-41-39-37-35-28-26-24-22-20-18-16-14-12-10-8-6-4-2/h29-30,55,57,60-62,65-67H,3-28,31-54,56,58-59H2,1-2H3,(H,64,68)/b30-29-,57-55+. The van der Waals surface area contributed by atoms with Gasteiger partial charge in [-0.25, -0.2) is 0 Å². The van der Waals surface area contributed by atoms with Crippen LogP contribution in [0.4, 0.5) is 0 Å². The van der Waals surface area contributed by atoms with E-state index in [1.807, 2.05) is 6.08 Å². The molecule has 0 fully saturated rings. The summed E-state index contributed by atoms with van der Waals surface area (Å²) in [4.78, 5) is 12.6. The number of rotatable bonds is 58. The molecule has 3 unspecified atom stereocenters. The summed E-state index contributed by atoms with van der Waals surface area (Å²) in [5.41, 5.74) is 0. The Bertz CT molecular complexity index is 1010. The zero-order valence-electron chi connectivity index (χ0n) is 46.3. The smallest absolute Gasteiger partial charge is 0.249 e. The molecule has 0 radical (unpaired) electrons. The van der Waals surface area contributed by atoms with Gasteiger partial charge in [-0.15, -0.1) is 0 Å². The Labute approximate surface area is 426 Å². The summed E-state index contributed by atoms with van der Waals surface area (Å²) in [6.45, 7) is 4.23. The average molecular weight is 959 g/mol. The number of hydrogen-bond acceptors (Lipinski definition) is 4. The topological polar surface area (TPSA) is 89.8 Å². The first-order chi connectivity index (χ1) is 33.6. The lowest BCUT2D eigenvalue weighted by molar-refractivity contribution is -0.131. The number of allylic oxidation sites excluding steroid dienone is 3. The van der Waals surface area contributed by atoms with E-state index in [4.69, 9.17) is 0 Å². The van der Waals surface area contributed by atoms with Crippen molar-refractivity contribution in [1.82, 2.24) is 5.32 Å². The van der Waals surface area contributed by atoms with Gasteiger partial charge in [0.2, 0.25) is 5.91 Å². The molecule has 3 atom stereocenters. The van der Waals surface area contributed by atoms with Crippen molar-refractivity contribution in [3.05, 3.63) is 24.3 Å². The molecule has 0 saturated carbocycles. The zero-order valence-corrected chi connectivity index (χ0v) is 46.3. The first kappa shape index (κ1) is 66.8. The second-order valence-corrected chi connectivity index (χ2v) is 21.6. The van der Waals surface area contributed by atoms with Crippen LogP contribution in [0.15, 0.2) is 24.3 Å². The van der Waals surface area contributed by atoms with Crippen molar-refractivity contribution in [2.75, 3.05) is 6.61 Å². The van der Waals surface area contributed by atoms with E-state index in [2.05, 4.69) is 31.3 Å². The van der Waals surface area contributed by atoms with E-state index in [0.717, 1.165) is 32.1 Å². The van der Waals surface area contributed by atoms with Gasteiger partial charge in [0.1, 0.15) is 6.10 Å². The van der Waals surface area contributed by atoms with E-state index in [1.54, 1.807) is 6.08 Å². The molecule has 0 aromatic rings. The van der Waals surface area contributed by atoms with Crippen molar-refractivity contribution in [1.29, 1.82) is 0 Å². The van der Waals surface area contributed by atoms with Crippen LogP contribution in [-0.4, -0.2) is 46.1 Å². The Morgan fingerprint density at radius 1 is 0.353 bits per heavy atom. The number of carbonyl (C=O) groups is 1. The Balaban J connectivity index is 3.52. The summed E-state index contributed by atoms with van der Waals surface area (Å²) >= 11 is 0. The van der Waals surface area contributed by atoms with Gasteiger partial charge in [-0.05, 0) is 44.9 Å². The molecule has 5 nitrogen and oxygen atoms in total. The van der Waals surface area contributed by atoms with Gasteiger partial charge in [-0.1, -0.05) is 327 Å². The van der Waals surface area contributed by atoms with Gasteiger partial charge in [0.15, 0.2) is 0 Å². The highest BCUT2D eigenvalue weighted by Gasteiger charge is 2.22. The van der Waals surface area contributed by atoms with E-state index in [0.29, 0.717) is 6.42 Å². The third kappa shape index (κ3) is 52.6. The molecule has 0 aliphatic rings. The van der Waals surface area contributed by atoms with Crippen LogP contribution in [0.25, 0.3) is 0 Å². The van der Waals surface area contributed by atoms with Gasteiger partial charge in [-0.2, -0.15) is 0 Å². The molecular weight excluding hydrogens is 835 g/mol. The third-order valence-electron chi connectivity index (χ3n) is 14.8. The highest BCUT2D eigenvalue weighted by atomic mass is 16.3. The molecule has 404 valence electrons. The normalized spacial score (nSPS) is 13.3. The minimum atomic E-state index is -1.10. The van der Waals surface area contributed by atoms with Crippen LogP contribution in [0.3, 0.4) is 0 Å². The fourth-order valence-corrected chi connectivity index (χ4v) is 9.95. The largest absolute Gasteiger partial charge is 0.394 e. The van der Waals surface area contributed by atoms with Crippen molar-refractivity contribution >= 4 is 5.91 Å². The minimum Gasteiger partial charge on any atom is -0.394 e. The van der Waals surface area contributed by atoms with Gasteiger partial charge < -0.3 is 20.6 Å². The highest BCUT2D eigenvalue weighted by molar-refractivity contribution is 5.80. The molecule has 1 amide bonds. The van der Waals surface area contributed by atoms with E-state index in [1.165, 1.54) is 295 Å². The quantitative estimate of drug-likeness (QED) is 0.0361. The Morgan fingerprint density at radius 3 is 0.853 bits per heavy atom. The second-order valence-electron chi connectivity index (χ2n) is 21.6. The molecule has 4 N–H and O–H groups in total. The second kappa shape index (κ2) is 58.4. The number of amides is 1. The molecule has 5 heteroatoms. The summed E-state index contributed by atoms with van der Waals surface area (Å²) in [7, 11) is 0. The van der Waals surface area contributed by atoms with Crippen molar-refractivity contribution in [2.45, 2.75) is 366 Å². The molecule has 68 heavy (non-hydrogen) atoms. The summed E-state index contributed by atoms with van der Waals surface area (Å²) in [5, 5.41) is 33.5. The third-order valence-corrected chi connectivity index (χ3v) is 14.8. The van der Waals surface area contributed by atoms with Crippen LogP contribution < -0.4 is 5.32 Å². The monoisotopic (exact) mass is 958 g/mol. The van der Waals surface area contributed by atoms with Gasteiger partial charge in [0.05, 0.1) is 18.8 Å². The predicted molar refractivity (Wildman–Crippen MR) is 301 cm³/mol. The highest BCUT2D eigenvalue weighted by Crippen LogP contribution is 2.18. The fraction of sp³-hybridized carbons (Fsp3) is 0.921. The SMILES string of the molecule is CCCCCCCCCCCCCC/C=C\CCCCCCCCCCCCCCCCC(O)C(=O)NC(CO)C(O)/C=C/CCCCCCCCCCCCCCCCCCCCCCCC. The number of aliphatic hydroxyl groups is 3. The van der Waals surface area contributed by atoms with Crippen LogP contribution in [0, 0.1) is 0 Å². The van der Waals surface area contributed by atoms with Crippen molar-refractivity contribution in [2.24, 2.45) is 0 Å². The van der Waals surface area contributed by atoms with E-state index >= 15 is 0 Å². The molecule has 0 aromatic heterocycles. The number of hydrogen-bond donors (Lipinski definition) is 4. The molecule has 0 rings (SSSR count). The number of aliphatic hydroxyl groups excluding tert-OH is 3. The van der Waals surface area contributed by atoms with Crippen LogP contribution >= 0.6 is 0 Å². The summed E-state index contributed by atoms with van der Waals surface area (Å²) < 4.78 is 0. The van der Waals surface area contributed by atoms with Crippen LogP contribution in [-0.2, 0) is 4.79 Å². The molecule has 0 bridgehead atoms. The minimum absolute atomic E-state index is 0.360. The van der Waals surface area contributed by atoms with Gasteiger partial charge in [-0.3, -0.25) is 4.79 Å². The Morgan fingerprint density at radius 2 is 0.588 bits per heavy atom. The van der Waals surface area contributed by atoms with E-state index < -0.39 is 24.2 Å². The van der Waals surface area contributed by atoms with Gasteiger partial charge in [0, 0.05) is 0 Å². The molecule has 0 aromatic carbocycles. The average Bonchev–Trinajstić information content (AvgIpc) is 3.34. The first-order valence-electron chi connectivity index (χ1n) is 31.2. The number of nitrogens with one attached hydrogen (secondary N) is 1. The van der Waals surface area contributed by atoms with Crippen LogP contribution in [0.2, 0.25) is 0 Å². The first-order valence-corrected chi connectivity index (χ1v) is 31.2. The van der Waals surface area contributed by atoms with Crippen molar-refractivity contribution in [3.8, 4) is 0 Å². The molecule has 0 heterocycles. The molecule has 0 spiro atoms. The number of carbonyl (C=O) groups excluding carboxylic acids is 1. The molecule has 0 saturated heterocycles. The van der Waals surface area contributed by atoms with Crippen LogP contribution in [0.5, 0.6) is 0 Å². The van der Waals surface area contributed by atoms with Gasteiger partial charge in [0.25, 0.3) is 0 Å². The van der Waals surface area contributed by atoms with Crippen LogP contribution in [0.1, 0.15) is 348 Å². The maximum absolute atomic E-state index is 12.6. The van der Waals surface area contributed by atoms with E-state index in [-0.39, 0.29) is 6.61 Å². The maximum atomic E-state index is 12.6. The number of unbranched alkanes of at least 4 members (excludes halogenated alkanes) is 48. The lowest BCUT2D eigenvalue weighted by Crippen LogP contribution is -2.48. The Kier molecular flexibility index (Phi) is 57.4. The summed E-state index contributed by atoms with van der Waals surface area (Å²) in [6.07, 6.45) is 75.7. The van der Waals surface area contributed by atoms with Crippen molar-refractivity contribution < 1.29 is 20.1 Å². The lowest BCUT2D eigenvalue weighted by Gasteiger charge is -2.21. The maximum Gasteiger partial charge on any atom is 0.249 e. The van der Waals surface area contributed by atoms with Gasteiger partial charge >= 0.3 is 0 Å². The predicted octanol–water partition coefficient (Wildman–Crippen LogP) is 19.6. The zero-order chi connectivity index (χ0) is 49.3. The lowest BCUT2D eigenvalue weighted by atomic mass is 10.0. The summed E-state index contributed by atoms with van der Waals surface area (Å²) in [6, 6.07) is -0.797. The molecule has 0 aliphatic heterocycles. The van der Waals surface area contributed by atoms with E-state index in [9.17, 15) is 20.1 Å². The fourth-order valence-electron chi connectivity index (χ4n) is 9.95.